The summed E-state index contributed by atoms with van der Waals surface area (Å²) in [5, 5.41) is 9.20. The summed E-state index contributed by atoms with van der Waals surface area (Å²) >= 11 is 1.87. The average Bonchev–Trinajstić information content (AvgIpc) is 2.57. The van der Waals surface area contributed by atoms with Gasteiger partial charge in [-0.1, -0.05) is 6.92 Å². The van der Waals surface area contributed by atoms with E-state index >= 15 is 0 Å². The summed E-state index contributed by atoms with van der Waals surface area (Å²) in [5.74, 6) is 1.17. The Balaban J connectivity index is 1.94. The zero-order valence-corrected chi connectivity index (χ0v) is 8.65. The van der Waals surface area contributed by atoms with Gasteiger partial charge in [0.05, 0.1) is 6.61 Å². The molecule has 3 heteroatoms. The van der Waals surface area contributed by atoms with E-state index in [1.807, 2.05) is 11.8 Å². The molecule has 2 nitrogen and oxygen atoms in total. The third-order valence-electron chi connectivity index (χ3n) is 2.27. The Hall–Kier alpha value is 0.270. The van der Waals surface area contributed by atoms with Crippen LogP contribution in [-0.2, 0) is 0 Å². The summed E-state index contributed by atoms with van der Waals surface area (Å²) in [6.45, 7) is 6.16. The molecule has 0 aliphatic carbocycles. The zero-order valence-electron chi connectivity index (χ0n) is 7.83. The molecule has 0 saturated carbocycles. The number of nitrogens with zero attached hydrogens (tertiary/aromatic N) is 1. The van der Waals surface area contributed by atoms with Gasteiger partial charge >= 0.3 is 0 Å². The second-order valence-corrected chi connectivity index (χ2v) is 4.96. The highest BCUT2D eigenvalue weighted by Crippen LogP contribution is 2.12. The molecule has 1 fully saturated rings. The number of aliphatic hydroxyl groups is 1. The van der Waals surface area contributed by atoms with Crippen molar-refractivity contribution >= 4 is 11.8 Å². The van der Waals surface area contributed by atoms with E-state index in [0.717, 1.165) is 0 Å². The highest BCUT2D eigenvalue weighted by Gasteiger charge is 2.10. The molecule has 0 amide bonds. The summed E-state index contributed by atoms with van der Waals surface area (Å²) in [4.78, 5) is 2.51. The zero-order chi connectivity index (χ0) is 8.81. The largest absolute Gasteiger partial charge is 0.395 e. The third kappa shape index (κ3) is 3.78. The number of thioether (sulfide) groups is 1. The highest BCUT2D eigenvalue weighted by molar-refractivity contribution is 7.99. The molecule has 1 atom stereocenters. The van der Waals surface area contributed by atoms with Crippen molar-refractivity contribution in [2.24, 2.45) is 0 Å². The molecule has 0 aromatic heterocycles. The fourth-order valence-electron chi connectivity index (χ4n) is 1.44. The van der Waals surface area contributed by atoms with Crippen LogP contribution in [0.5, 0.6) is 0 Å². The van der Waals surface area contributed by atoms with Crippen LogP contribution in [0.1, 0.15) is 19.8 Å². The van der Waals surface area contributed by atoms with Crippen LogP contribution in [0.25, 0.3) is 0 Å². The van der Waals surface area contributed by atoms with Crippen molar-refractivity contribution < 1.29 is 5.11 Å². The van der Waals surface area contributed by atoms with Gasteiger partial charge in [0.1, 0.15) is 0 Å². The van der Waals surface area contributed by atoms with Gasteiger partial charge in [-0.25, -0.2) is 0 Å². The van der Waals surface area contributed by atoms with Crippen LogP contribution >= 0.6 is 11.8 Å². The Bertz CT molecular complexity index is 115. The van der Waals surface area contributed by atoms with Gasteiger partial charge in [-0.05, 0) is 25.9 Å². The van der Waals surface area contributed by atoms with E-state index in [-0.39, 0.29) is 0 Å². The van der Waals surface area contributed by atoms with Gasteiger partial charge in [-0.15, -0.1) is 0 Å². The number of likely N-dealkylation sites (tertiary alicyclic amines) is 1. The summed E-state index contributed by atoms with van der Waals surface area (Å²) in [5.41, 5.74) is 0. The Labute approximate surface area is 79.3 Å². The van der Waals surface area contributed by atoms with Gasteiger partial charge < -0.3 is 10.0 Å². The molecule has 0 aromatic carbocycles. The van der Waals surface area contributed by atoms with Crippen molar-refractivity contribution in [3.8, 4) is 0 Å². The maximum atomic E-state index is 8.79. The molecular formula is C9H19NOS. The molecule has 0 aromatic rings. The molecule has 12 heavy (non-hydrogen) atoms. The van der Waals surface area contributed by atoms with Crippen LogP contribution in [0.3, 0.4) is 0 Å². The van der Waals surface area contributed by atoms with Crippen molar-refractivity contribution in [3.63, 3.8) is 0 Å². The monoisotopic (exact) mass is 189 g/mol. The van der Waals surface area contributed by atoms with E-state index in [1.54, 1.807) is 0 Å². The van der Waals surface area contributed by atoms with Crippen molar-refractivity contribution in [2.75, 3.05) is 32.0 Å². The van der Waals surface area contributed by atoms with Gasteiger partial charge in [0.2, 0.25) is 0 Å². The molecule has 1 N–H and O–H groups in total. The van der Waals surface area contributed by atoms with E-state index in [1.165, 1.54) is 38.2 Å². The van der Waals surface area contributed by atoms with Crippen LogP contribution in [0.15, 0.2) is 0 Å². The molecule has 1 rings (SSSR count). The van der Waals surface area contributed by atoms with Crippen molar-refractivity contribution in [1.29, 1.82) is 0 Å². The molecule has 1 aliphatic rings. The Morgan fingerprint density at radius 3 is 2.67 bits per heavy atom. The fourth-order valence-corrected chi connectivity index (χ4v) is 2.31. The van der Waals surface area contributed by atoms with Gasteiger partial charge in [-0.3, -0.25) is 0 Å². The summed E-state index contributed by atoms with van der Waals surface area (Å²) < 4.78 is 0. The van der Waals surface area contributed by atoms with E-state index in [4.69, 9.17) is 5.11 Å². The van der Waals surface area contributed by atoms with Crippen LogP contribution in [0.2, 0.25) is 0 Å². The molecular weight excluding hydrogens is 170 g/mol. The fraction of sp³-hybridized carbons (Fsp3) is 1.00. The van der Waals surface area contributed by atoms with Crippen LogP contribution in [0.4, 0.5) is 0 Å². The lowest BCUT2D eigenvalue weighted by atomic mass is 10.4. The number of aliphatic hydroxyl groups excluding tert-OH is 1. The second kappa shape index (κ2) is 5.84. The molecule has 72 valence electrons. The van der Waals surface area contributed by atoms with Crippen molar-refractivity contribution in [1.82, 2.24) is 4.90 Å². The Kier molecular flexibility index (Phi) is 5.04. The minimum atomic E-state index is 0.310. The first-order valence-corrected chi connectivity index (χ1v) is 5.82. The quantitative estimate of drug-likeness (QED) is 0.703. The Morgan fingerprint density at radius 1 is 1.42 bits per heavy atom. The minimum absolute atomic E-state index is 0.310. The number of hydrogen-bond acceptors (Lipinski definition) is 3. The maximum Gasteiger partial charge on any atom is 0.0547 e. The van der Waals surface area contributed by atoms with E-state index < -0.39 is 0 Å². The second-order valence-electron chi connectivity index (χ2n) is 3.41. The SMILES string of the molecule is CC(CO)SCCN1CCCC1. The summed E-state index contributed by atoms with van der Waals surface area (Å²) in [6.07, 6.45) is 2.75. The predicted octanol–water partition coefficient (Wildman–Crippen LogP) is 1.20. The van der Waals surface area contributed by atoms with Gasteiger partial charge in [0.15, 0.2) is 0 Å². The van der Waals surface area contributed by atoms with Crippen molar-refractivity contribution in [2.45, 2.75) is 25.0 Å². The molecule has 0 spiro atoms. The molecule has 0 radical (unpaired) electrons. The molecule has 1 saturated heterocycles. The van der Waals surface area contributed by atoms with E-state index in [9.17, 15) is 0 Å². The lowest BCUT2D eigenvalue weighted by molar-refractivity contribution is 0.299. The highest BCUT2D eigenvalue weighted by atomic mass is 32.2. The summed E-state index contributed by atoms with van der Waals surface area (Å²) in [6, 6.07) is 0. The van der Waals surface area contributed by atoms with E-state index in [0.29, 0.717) is 11.9 Å². The number of hydrogen-bond donors (Lipinski definition) is 1. The van der Waals surface area contributed by atoms with Crippen molar-refractivity contribution in [3.05, 3.63) is 0 Å². The van der Waals surface area contributed by atoms with Gasteiger partial charge in [0, 0.05) is 17.5 Å². The smallest absolute Gasteiger partial charge is 0.0547 e. The van der Waals surface area contributed by atoms with Gasteiger partial charge in [-0.2, -0.15) is 11.8 Å². The van der Waals surface area contributed by atoms with Crippen LogP contribution in [0, 0.1) is 0 Å². The topological polar surface area (TPSA) is 23.5 Å². The molecule has 1 aliphatic heterocycles. The van der Waals surface area contributed by atoms with Crippen LogP contribution < -0.4 is 0 Å². The first-order chi connectivity index (χ1) is 5.83. The maximum absolute atomic E-state index is 8.79. The predicted molar refractivity (Wildman–Crippen MR) is 54.7 cm³/mol. The lowest BCUT2D eigenvalue weighted by Gasteiger charge is -2.15. The third-order valence-corrected chi connectivity index (χ3v) is 3.40. The first-order valence-electron chi connectivity index (χ1n) is 4.77. The lowest BCUT2D eigenvalue weighted by Crippen LogP contribution is -2.22. The van der Waals surface area contributed by atoms with E-state index in [2.05, 4.69) is 11.8 Å². The first kappa shape index (κ1) is 10.4. The Morgan fingerprint density at radius 2 is 2.08 bits per heavy atom. The number of rotatable bonds is 5. The van der Waals surface area contributed by atoms with Crippen LogP contribution in [-0.4, -0.2) is 47.3 Å². The minimum Gasteiger partial charge on any atom is -0.395 e. The molecule has 0 bridgehead atoms. The van der Waals surface area contributed by atoms with Gasteiger partial charge in [0.25, 0.3) is 0 Å². The normalized spacial score (nSPS) is 21.5. The molecule has 1 unspecified atom stereocenters. The summed E-state index contributed by atoms with van der Waals surface area (Å²) in [7, 11) is 0. The molecule has 1 heterocycles. The average molecular weight is 189 g/mol. The standard InChI is InChI=1S/C9H19NOS/c1-9(8-11)12-7-6-10-4-2-3-5-10/h9,11H,2-8H2,1H3.